The van der Waals surface area contributed by atoms with Gasteiger partial charge in [0.15, 0.2) is 0 Å². The van der Waals surface area contributed by atoms with E-state index in [1.54, 1.807) is 0 Å². The van der Waals surface area contributed by atoms with Gasteiger partial charge in [-0.2, -0.15) is 0 Å². The first-order valence-electron chi connectivity index (χ1n) is 11.4. The molecular formula is C30H24O8. The number of esters is 1. The Balaban J connectivity index is 0.000000211. The van der Waals surface area contributed by atoms with Gasteiger partial charge in [0.25, 0.3) is 0 Å². The zero-order chi connectivity index (χ0) is 27.5. The van der Waals surface area contributed by atoms with Crippen LogP contribution in [0.2, 0.25) is 0 Å². The SMILES string of the molecule is O=C(O)c1ccc(C(=O)O)c(Cc2ccccc2)c1.O=C(O)c1ccc(C(=O)OCc2ccccc2)cc1. The van der Waals surface area contributed by atoms with E-state index in [4.69, 9.17) is 20.1 Å². The summed E-state index contributed by atoms with van der Waals surface area (Å²) in [4.78, 5) is 44.5. The van der Waals surface area contributed by atoms with Crippen molar-refractivity contribution >= 4 is 23.9 Å². The molecule has 8 heteroatoms. The average molecular weight is 513 g/mol. The molecule has 4 aromatic rings. The fraction of sp³-hybridized carbons (Fsp3) is 0.0667. The maximum absolute atomic E-state index is 11.7. The minimum Gasteiger partial charge on any atom is -0.478 e. The lowest BCUT2D eigenvalue weighted by Crippen LogP contribution is -2.06. The molecule has 192 valence electrons. The second kappa shape index (κ2) is 13.2. The molecule has 0 saturated carbocycles. The average Bonchev–Trinajstić information content (AvgIpc) is 2.93. The maximum atomic E-state index is 11.7. The van der Waals surface area contributed by atoms with Gasteiger partial charge in [-0.1, -0.05) is 60.7 Å². The number of rotatable bonds is 8. The fourth-order valence-corrected chi connectivity index (χ4v) is 3.45. The molecule has 0 heterocycles. The monoisotopic (exact) mass is 512 g/mol. The Bertz CT molecular complexity index is 1410. The highest BCUT2D eigenvalue weighted by Gasteiger charge is 2.14. The summed E-state index contributed by atoms with van der Waals surface area (Å²) in [5, 5.41) is 26.8. The summed E-state index contributed by atoms with van der Waals surface area (Å²) in [6.45, 7) is 0.195. The van der Waals surface area contributed by atoms with E-state index in [0.29, 0.717) is 17.5 Å². The summed E-state index contributed by atoms with van der Waals surface area (Å²) in [5.74, 6) is -3.61. The molecule has 38 heavy (non-hydrogen) atoms. The zero-order valence-corrected chi connectivity index (χ0v) is 20.1. The van der Waals surface area contributed by atoms with Crippen LogP contribution in [0.5, 0.6) is 0 Å². The van der Waals surface area contributed by atoms with Crippen molar-refractivity contribution in [2.75, 3.05) is 0 Å². The van der Waals surface area contributed by atoms with E-state index in [2.05, 4.69) is 0 Å². The second-order valence-corrected chi connectivity index (χ2v) is 8.09. The molecule has 0 atom stereocenters. The van der Waals surface area contributed by atoms with Gasteiger partial charge in [0.2, 0.25) is 0 Å². The first-order chi connectivity index (χ1) is 18.2. The second-order valence-electron chi connectivity index (χ2n) is 8.09. The van der Waals surface area contributed by atoms with Crippen molar-refractivity contribution in [3.8, 4) is 0 Å². The van der Waals surface area contributed by atoms with Gasteiger partial charge in [-0.15, -0.1) is 0 Å². The van der Waals surface area contributed by atoms with Crippen molar-refractivity contribution in [3.05, 3.63) is 142 Å². The molecule has 0 saturated heterocycles. The molecule has 0 aliphatic rings. The summed E-state index contributed by atoms with van der Waals surface area (Å²) < 4.78 is 5.13. The summed E-state index contributed by atoms with van der Waals surface area (Å²) in [7, 11) is 0. The maximum Gasteiger partial charge on any atom is 0.338 e. The lowest BCUT2D eigenvalue weighted by atomic mass is 9.97. The van der Waals surface area contributed by atoms with Crippen LogP contribution in [0.3, 0.4) is 0 Å². The van der Waals surface area contributed by atoms with Crippen LogP contribution in [0.1, 0.15) is 58.1 Å². The van der Waals surface area contributed by atoms with E-state index in [1.165, 1.54) is 42.5 Å². The normalized spacial score (nSPS) is 10.0. The minimum atomic E-state index is -1.06. The van der Waals surface area contributed by atoms with Gasteiger partial charge in [-0.05, 0) is 65.6 Å². The molecule has 0 spiro atoms. The third-order valence-corrected chi connectivity index (χ3v) is 5.40. The molecule has 0 aliphatic heterocycles. The molecule has 3 N–H and O–H groups in total. The smallest absolute Gasteiger partial charge is 0.338 e. The van der Waals surface area contributed by atoms with Crippen molar-refractivity contribution in [2.45, 2.75) is 13.0 Å². The number of aromatic carboxylic acids is 3. The predicted octanol–water partition coefficient (Wildman–Crippen LogP) is 5.42. The Morgan fingerprint density at radius 2 is 1.05 bits per heavy atom. The van der Waals surface area contributed by atoms with E-state index in [0.717, 1.165) is 11.1 Å². The molecule has 0 aromatic heterocycles. The van der Waals surface area contributed by atoms with Crippen LogP contribution in [-0.2, 0) is 17.8 Å². The number of ether oxygens (including phenoxy) is 1. The summed E-state index contributed by atoms with van der Waals surface area (Å²) in [5.41, 5.74) is 3.04. The van der Waals surface area contributed by atoms with Gasteiger partial charge in [0.1, 0.15) is 6.61 Å². The van der Waals surface area contributed by atoms with Crippen LogP contribution in [0.25, 0.3) is 0 Å². The van der Waals surface area contributed by atoms with Gasteiger partial charge >= 0.3 is 23.9 Å². The standard InChI is InChI=1S/2C15H12O4/c16-14(17)12-6-8-13(9-7-12)15(18)19-10-11-4-2-1-3-5-11;16-14(17)11-6-7-13(15(18)19)12(9-11)8-10-4-2-1-3-5-10/h1-9H,10H2,(H,16,17);1-7,9H,8H2,(H,16,17)(H,18,19). The third-order valence-electron chi connectivity index (χ3n) is 5.40. The number of hydrogen-bond donors (Lipinski definition) is 3. The molecule has 0 fully saturated rings. The summed E-state index contributed by atoms with van der Waals surface area (Å²) in [6.07, 6.45) is 0.392. The number of carbonyl (C=O) groups is 4. The number of carbonyl (C=O) groups excluding carboxylic acids is 1. The first-order valence-corrected chi connectivity index (χ1v) is 11.4. The summed E-state index contributed by atoms with van der Waals surface area (Å²) in [6, 6.07) is 28.4. The molecule has 4 aromatic carbocycles. The molecule has 0 aliphatic carbocycles. The van der Waals surface area contributed by atoms with Crippen LogP contribution in [0.15, 0.2) is 103 Å². The van der Waals surface area contributed by atoms with E-state index >= 15 is 0 Å². The molecular weight excluding hydrogens is 488 g/mol. The van der Waals surface area contributed by atoms with Gasteiger partial charge in [0.05, 0.1) is 22.3 Å². The Hall–Kier alpha value is -5.24. The number of carboxylic acid groups (broad SMARTS) is 3. The van der Waals surface area contributed by atoms with Crippen molar-refractivity contribution in [1.82, 2.24) is 0 Å². The van der Waals surface area contributed by atoms with Crippen LogP contribution >= 0.6 is 0 Å². The van der Waals surface area contributed by atoms with Crippen LogP contribution in [-0.4, -0.2) is 39.2 Å². The highest BCUT2D eigenvalue weighted by Crippen LogP contribution is 2.17. The summed E-state index contributed by atoms with van der Waals surface area (Å²) >= 11 is 0. The van der Waals surface area contributed by atoms with Crippen LogP contribution in [0.4, 0.5) is 0 Å². The topological polar surface area (TPSA) is 138 Å². The molecule has 8 nitrogen and oxygen atoms in total. The van der Waals surface area contributed by atoms with Crippen molar-refractivity contribution in [1.29, 1.82) is 0 Å². The predicted molar refractivity (Wildman–Crippen MR) is 139 cm³/mol. The van der Waals surface area contributed by atoms with Gasteiger partial charge < -0.3 is 20.1 Å². The Kier molecular flexibility index (Phi) is 9.48. The molecule has 0 radical (unpaired) electrons. The van der Waals surface area contributed by atoms with Gasteiger partial charge in [0, 0.05) is 0 Å². The third kappa shape index (κ3) is 7.89. The quantitative estimate of drug-likeness (QED) is 0.266. The largest absolute Gasteiger partial charge is 0.478 e. The van der Waals surface area contributed by atoms with Crippen molar-refractivity contribution in [3.63, 3.8) is 0 Å². The number of carboxylic acids is 3. The van der Waals surface area contributed by atoms with Crippen LogP contribution in [0, 0.1) is 0 Å². The molecule has 0 amide bonds. The van der Waals surface area contributed by atoms with Crippen molar-refractivity contribution < 1.29 is 39.2 Å². The van der Waals surface area contributed by atoms with Gasteiger partial charge in [-0.3, -0.25) is 0 Å². The highest BCUT2D eigenvalue weighted by atomic mass is 16.5. The number of benzene rings is 4. The van der Waals surface area contributed by atoms with Gasteiger partial charge in [-0.25, -0.2) is 19.2 Å². The molecule has 0 bridgehead atoms. The van der Waals surface area contributed by atoms with E-state index in [1.807, 2.05) is 60.7 Å². The fourth-order valence-electron chi connectivity index (χ4n) is 3.45. The first kappa shape index (κ1) is 27.3. The van der Waals surface area contributed by atoms with E-state index in [9.17, 15) is 19.2 Å². The highest BCUT2D eigenvalue weighted by molar-refractivity contribution is 5.93. The van der Waals surface area contributed by atoms with Crippen molar-refractivity contribution in [2.24, 2.45) is 0 Å². The lowest BCUT2D eigenvalue weighted by Gasteiger charge is -2.07. The Morgan fingerprint density at radius 1 is 0.553 bits per heavy atom. The zero-order valence-electron chi connectivity index (χ0n) is 20.1. The Morgan fingerprint density at radius 3 is 1.58 bits per heavy atom. The molecule has 4 rings (SSSR count). The van der Waals surface area contributed by atoms with Crippen LogP contribution < -0.4 is 0 Å². The minimum absolute atomic E-state index is 0.0935. The molecule has 0 unspecified atom stereocenters. The van der Waals surface area contributed by atoms with E-state index in [-0.39, 0.29) is 23.3 Å². The Labute approximate surface area is 218 Å². The lowest BCUT2D eigenvalue weighted by molar-refractivity contribution is 0.0471. The number of hydrogen-bond acceptors (Lipinski definition) is 5. The van der Waals surface area contributed by atoms with E-state index < -0.39 is 23.9 Å².